The van der Waals surface area contributed by atoms with E-state index in [0.717, 1.165) is 0 Å². The third-order valence-electron chi connectivity index (χ3n) is 3.34. The molecule has 1 unspecified atom stereocenters. The number of allylic oxidation sites excluding steroid dienone is 3. The topological polar surface area (TPSA) is 75.8 Å². The van der Waals surface area contributed by atoms with Crippen molar-refractivity contribution in [3.63, 3.8) is 0 Å². The van der Waals surface area contributed by atoms with Gasteiger partial charge in [-0.05, 0) is 36.5 Å². The first-order valence-electron chi connectivity index (χ1n) is 6.34. The van der Waals surface area contributed by atoms with Gasteiger partial charge < -0.3 is 0 Å². The second kappa shape index (κ2) is 5.84. The lowest BCUT2D eigenvalue weighted by molar-refractivity contribution is -0.384. The minimum absolute atomic E-state index is 0.0214. The molecule has 0 bridgehead atoms. The summed E-state index contributed by atoms with van der Waals surface area (Å²) < 4.78 is 0. The fourth-order valence-electron chi connectivity index (χ4n) is 2.29. The molecule has 3 rings (SSSR count). The lowest BCUT2D eigenvalue weighted by Crippen LogP contribution is -2.46. The third-order valence-corrected chi connectivity index (χ3v) is 4.15. The van der Waals surface area contributed by atoms with E-state index in [0.29, 0.717) is 16.4 Å². The van der Waals surface area contributed by atoms with Gasteiger partial charge >= 0.3 is 0 Å². The second-order valence-electron chi connectivity index (χ2n) is 4.75. The number of nitrogens with zero attached hydrogens (tertiary/aromatic N) is 3. The zero-order chi connectivity index (χ0) is 16.7. The molecule has 1 aliphatic heterocycles. The summed E-state index contributed by atoms with van der Waals surface area (Å²) >= 11 is 17.2. The molecule has 0 radical (unpaired) electrons. The Hall–Kier alpha value is -2.09. The van der Waals surface area contributed by atoms with Gasteiger partial charge in [0.15, 0.2) is 0 Å². The Labute approximate surface area is 145 Å². The van der Waals surface area contributed by atoms with E-state index < -0.39 is 10.8 Å². The number of hydrogen-bond donors (Lipinski definition) is 0. The number of carbonyl (C=O) groups excluding carboxylic acids is 1. The molecule has 2 aliphatic rings. The Morgan fingerprint density at radius 2 is 1.91 bits per heavy atom. The maximum Gasteiger partial charge on any atom is 0.269 e. The van der Waals surface area contributed by atoms with Crippen LogP contribution in [0.25, 0.3) is 0 Å². The highest BCUT2D eigenvalue weighted by Crippen LogP contribution is 2.32. The standard InChI is InChI=1S/C14H7Cl2N3O3S/c15-7-5-10-12(11(16)6-7)17-14(23)18(13(10)20)8-1-3-9(4-2-8)19(21)22/h1-6,10H. The number of amides is 1. The van der Waals surface area contributed by atoms with Crippen LogP contribution in [0.2, 0.25) is 0 Å². The van der Waals surface area contributed by atoms with Gasteiger partial charge in [-0.1, -0.05) is 23.2 Å². The molecule has 0 saturated carbocycles. The molecule has 1 aromatic rings. The quantitative estimate of drug-likeness (QED) is 0.455. The SMILES string of the molecule is O=C1C2C=C(Cl)C=C(Cl)C2=NC(=S)N1c1ccc([N+](=O)[O-])cc1. The highest BCUT2D eigenvalue weighted by Gasteiger charge is 2.38. The van der Waals surface area contributed by atoms with Crippen LogP contribution < -0.4 is 4.90 Å². The molecule has 6 nitrogen and oxygen atoms in total. The van der Waals surface area contributed by atoms with Crippen molar-refractivity contribution in [2.45, 2.75) is 0 Å². The number of anilines is 1. The van der Waals surface area contributed by atoms with Crippen LogP contribution in [0.4, 0.5) is 11.4 Å². The summed E-state index contributed by atoms with van der Waals surface area (Å²) in [7, 11) is 0. The molecular formula is C14H7Cl2N3O3S. The van der Waals surface area contributed by atoms with Crippen molar-refractivity contribution in [1.29, 1.82) is 0 Å². The summed E-state index contributed by atoms with van der Waals surface area (Å²) in [5.41, 5.74) is 0.660. The smallest absolute Gasteiger partial charge is 0.269 e. The van der Waals surface area contributed by atoms with Crippen molar-refractivity contribution in [2.75, 3.05) is 4.90 Å². The Balaban J connectivity index is 2.02. The first-order valence-corrected chi connectivity index (χ1v) is 7.51. The van der Waals surface area contributed by atoms with Crippen molar-refractivity contribution in [2.24, 2.45) is 10.9 Å². The van der Waals surface area contributed by atoms with Crippen LogP contribution in [-0.4, -0.2) is 21.7 Å². The zero-order valence-corrected chi connectivity index (χ0v) is 13.6. The van der Waals surface area contributed by atoms with Gasteiger partial charge in [0.2, 0.25) is 11.0 Å². The number of fused-ring (bicyclic) bond motifs is 1. The molecule has 1 atom stereocenters. The summed E-state index contributed by atoms with van der Waals surface area (Å²) in [6.07, 6.45) is 3.03. The fourth-order valence-corrected chi connectivity index (χ4v) is 3.15. The monoisotopic (exact) mass is 367 g/mol. The number of nitro groups is 1. The predicted molar refractivity (Wildman–Crippen MR) is 92.0 cm³/mol. The van der Waals surface area contributed by atoms with Gasteiger partial charge in [0.05, 0.1) is 21.4 Å². The minimum Gasteiger partial charge on any atom is -0.273 e. The molecule has 116 valence electrons. The number of rotatable bonds is 2. The maximum atomic E-state index is 12.7. The van der Waals surface area contributed by atoms with Crippen LogP contribution in [0.1, 0.15) is 0 Å². The van der Waals surface area contributed by atoms with E-state index in [-0.39, 0.29) is 21.7 Å². The van der Waals surface area contributed by atoms with Gasteiger partial charge in [0, 0.05) is 17.2 Å². The summed E-state index contributed by atoms with van der Waals surface area (Å²) in [6, 6.07) is 5.46. The Morgan fingerprint density at radius 1 is 1.26 bits per heavy atom. The van der Waals surface area contributed by atoms with Crippen molar-refractivity contribution in [1.82, 2.24) is 0 Å². The molecule has 1 amide bonds. The van der Waals surface area contributed by atoms with Crippen molar-refractivity contribution in [3.05, 3.63) is 56.6 Å². The van der Waals surface area contributed by atoms with E-state index >= 15 is 0 Å². The van der Waals surface area contributed by atoms with Gasteiger partial charge in [-0.25, -0.2) is 4.99 Å². The predicted octanol–water partition coefficient (Wildman–Crippen LogP) is 3.54. The lowest BCUT2D eigenvalue weighted by atomic mass is 9.95. The zero-order valence-electron chi connectivity index (χ0n) is 11.3. The number of benzene rings is 1. The Kier molecular flexibility index (Phi) is 4.01. The Bertz CT molecular complexity index is 830. The molecule has 1 aliphatic carbocycles. The molecule has 0 fully saturated rings. The molecule has 23 heavy (non-hydrogen) atoms. The van der Waals surface area contributed by atoms with Gasteiger partial charge in [-0.3, -0.25) is 19.8 Å². The van der Waals surface area contributed by atoms with E-state index in [4.69, 9.17) is 35.4 Å². The second-order valence-corrected chi connectivity index (χ2v) is 5.96. The Morgan fingerprint density at radius 3 is 2.52 bits per heavy atom. The average Bonchev–Trinajstić information content (AvgIpc) is 2.49. The van der Waals surface area contributed by atoms with E-state index in [1.165, 1.54) is 41.3 Å². The van der Waals surface area contributed by atoms with Crippen LogP contribution in [0.3, 0.4) is 0 Å². The summed E-state index contributed by atoms with van der Waals surface area (Å²) in [5.74, 6) is -1.10. The molecule has 0 N–H and O–H groups in total. The average molecular weight is 368 g/mol. The summed E-state index contributed by atoms with van der Waals surface area (Å²) in [6.45, 7) is 0. The molecule has 1 heterocycles. The minimum atomic E-state index is -0.734. The number of halogens is 2. The molecule has 0 saturated heterocycles. The molecule has 0 aromatic heterocycles. The molecular weight excluding hydrogens is 361 g/mol. The van der Waals surface area contributed by atoms with Gasteiger partial charge in [0.1, 0.15) is 5.92 Å². The van der Waals surface area contributed by atoms with Crippen LogP contribution in [0, 0.1) is 16.0 Å². The molecule has 9 heteroatoms. The summed E-state index contributed by atoms with van der Waals surface area (Å²) in [5, 5.41) is 11.3. The van der Waals surface area contributed by atoms with Gasteiger partial charge in [-0.15, -0.1) is 0 Å². The van der Waals surface area contributed by atoms with Crippen LogP contribution >= 0.6 is 35.4 Å². The number of nitro benzene ring substituents is 1. The summed E-state index contributed by atoms with van der Waals surface area (Å²) in [4.78, 5) is 28.3. The van der Waals surface area contributed by atoms with E-state index in [2.05, 4.69) is 4.99 Å². The molecule has 1 aromatic carbocycles. The normalized spacial score (nSPS) is 20.5. The number of hydrogen-bond acceptors (Lipinski definition) is 4. The van der Waals surface area contributed by atoms with Crippen molar-refractivity contribution >= 4 is 63.5 Å². The fraction of sp³-hybridized carbons (Fsp3) is 0.0714. The van der Waals surface area contributed by atoms with E-state index in [1.54, 1.807) is 0 Å². The number of carbonyl (C=O) groups is 1. The third kappa shape index (κ3) is 2.78. The highest BCUT2D eigenvalue weighted by atomic mass is 35.5. The number of non-ortho nitro benzene ring substituents is 1. The van der Waals surface area contributed by atoms with Gasteiger partial charge in [0.25, 0.3) is 5.69 Å². The highest BCUT2D eigenvalue weighted by molar-refractivity contribution is 7.80. The van der Waals surface area contributed by atoms with E-state index in [1.807, 2.05) is 0 Å². The number of aliphatic imine (C=N–C) groups is 1. The largest absolute Gasteiger partial charge is 0.273 e. The van der Waals surface area contributed by atoms with Crippen LogP contribution in [0.5, 0.6) is 0 Å². The first kappa shape index (κ1) is 15.8. The maximum absolute atomic E-state index is 12.7. The molecule has 0 spiro atoms. The number of thiocarbonyl (C=S) groups is 1. The van der Waals surface area contributed by atoms with E-state index in [9.17, 15) is 14.9 Å². The first-order chi connectivity index (χ1) is 10.9. The van der Waals surface area contributed by atoms with Crippen molar-refractivity contribution < 1.29 is 9.72 Å². The van der Waals surface area contributed by atoms with Gasteiger partial charge in [-0.2, -0.15) is 0 Å². The lowest BCUT2D eigenvalue weighted by Gasteiger charge is -2.31. The van der Waals surface area contributed by atoms with Crippen LogP contribution in [0.15, 0.2) is 51.5 Å². The van der Waals surface area contributed by atoms with Crippen molar-refractivity contribution in [3.8, 4) is 0 Å². The van der Waals surface area contributed by atoms with Crippen LogP contribution in [-0.2, 0) is 4.79 Å².